The number of aryl methyl sites for hydroxylation is 1. The first kappa shape index (κ1) is 13.5. The van der Waals surface area contributed by atoms with Crippen LogP contribution >= 0.6 is 0 Å². The third-order valence-electron chi connectivity index (χ3n) is 4.13. The topological polar surface area (TPSA) is 55.5 Å². The van der Waals surface area contributed by atoms with Crippen molar-refractivity contribution in [2.45, 2.75) is 26.4 Å². The van der Waals surface area contributed by atoms with E-state index >= 15 is 0 Å². The van der Waals surface area contributed by atoms with E-state index in [0.717, 1.165) is 41.2 Å². The summed E-state index contributed by atoms with van der Waals surface area (Å²) < 4.78 is 7.66. The van der Waals surface area contributed by atoms with E-state index in [4.69, 9.17) is 9.84 Å². The summed E-state index contributed by atoms with van der Waals surface area (Å²) in [7, 11) is 0. The van der Waals surface area contributed by atoms with Crippen LogP contribution in [-0.2, 0) is 4.74 Å². The minimum atomic E-state index is -0.168. The fourth-order valence-electron chi connectivity index (χ4n) is 3.10. The molecule has 1 aliphatic heterocycles. The Morgan fingerprint density at radius 2 is 1.91 bits per heavy atom. The van der Waals surface area contributed by atoms with Crippen LogP contribution in [0, 0.1) is 6.92 Å². The molecule has 114 valence electrons. The molecule has 1 aromatic carbocycles. The van der Waals surface area contributed by atoms with Crippen molar-refractivity contribution >= 4 is 22.2 Å². The van der Waals surface area contributed by atoms with Gasteiger partial charge in [-0.15, -0.1) is 15.3 Å². The van der Waals surface area contributed by atoms with E-state index in [1.165, 1.54) is 0 Å². The molecule has 1 saturated heterocycles. The zero-order valence-corrected chi connectivity index (χ0v) is 13.1. The number of rotatable bonds is 1. The van der Waals surface area contributed by atoms with E-state index in [1.807, 2.05) is 23.6 Å². The van der Waals surface area contributed by atoms with Crippen LogP contribution < -0.4 is 4.90 Å². The molecule has 0 atom stereocenters. The van der Waals surface area contributed by atoms with Gasteiger partial charge in [0.25, 0.3) is 0 Å². The third kappa shape index (κ3) is 2.02. The van der Waals surface area contributed by atoms with Gasteiger partial charge in [-0.3, -0.25) is 0 Å². The Balaban J connectivity index is 1.97. The van der Waals surface area contributed by atoms with E-state index < -0.39 is 0 Å². The minimum Gasteiger partial charge on any atom is -0.372 e. The monoisotopic (exact) mass is 297 g/mol. The zero-order chi connectivity index (χ0) is 15.3. The average Bonchev–Trinajstić information content (AvgIpc) is 2.87. The lowest BCUT2D eigenvalue weighted by molar-refractivity contribution is -0.0278. The molecule has 0 spiro atoms. The van der Waals surface area contributed by atoms with E-state index in [2.05, 4.69) is 41.1 Å². The molecular weight excluding hydrogens is 278 g/mol. The fraction of sp³-hybridized carbons (Fsp3) is 0.438. The smallest absolute Gasteiger partial charge is 0.185 e. The van der Waals surface area contributed by atoms with Crippen molar-refractivity contribution in [1.82, 2.24) is 19.8 Å². The maximum absolute atomic E-state index is 5.82. The second-order valence-electron chi connectivity index (χ2n) is 6.38. The first-order chi connectivity index (χ1) is 10.6. The molecule has 1 aliphatic rings. The second kappa shape index (κ2) is 4.64. The highest BCUT2D eigenvalue weighted by molar-refractivity contribution is 6.00. The first-order valence-electron chi connectivity index (χ1n) is 7.55. The molecule has 3 heterocycles. The normalized spacial score (nSPS) is 18.2. The van der Waals surface area contributed by atoms with Crippen molar-refractivity contribution in [3.05, 3.63) is 30.1 Å². The number of anilines is 1. The molecule has 0 aliphatic carbocycles. The predicted octanol–water partition coefficient (Wildman–Crippen LogP) is 2.20. The quantitative estimate of drug-likeness (QED) is 0.689. The largest absolute Gasteiger partial charge is 0.372 e. The van der Waals surface area contributed by atoms with E-state index in [-0.39, 0.29) is 5.60 Å². The van der Waals surface area contributed by atoms with Crippen molar-refractivity contribution in [3.8, 4) is 0 Å². The Bertz CT molecular complexity index is 854. The summed E-state index contributed by atoms with van der Waals surface area (Å²) in [4.78, 5) is 2.30. The Morgan fingerprint density at radius 1 is 1.14 bits per heavy atom. The molecule has 0 saturated carbocycles. The van der Waals surface area contributed by atoms with Gasteiger partial charge < -0.3 is 9.64 Å². The lowest BCUT2D eigenvalue weighted by Gasteiger charge is -2.39. The fourth-order valence-corrected chi connectivity index (χ4v) is 3.10. The molecule has 6 heteroatoms. The number of aromatic nitrogens is 4. The van der Waals surface area contributed by atoms with Gasteiger partial charge in [0.1, 0.15) is 0 Å². The molecule has 3 aromatic rings. The van der Waals surface area contributed by atoms with Crippen molar-refractivity contribution < 1.29 is 4.74 Å². The molecule has 0 unspecified atom stereocenters. The lowest BCUT2D eigenvalue weighted by atomic mass is 10.1. The SMILES string of the molecule is Cc1nnc2c3ccccc3c(N3CCOC(C)(C)C3)nn12. The number of fused-ring (bicyclic) bond motifs is 3. The van der Waals surface area contributed by atoms with E-state index in [0.29, 0.717) is 6.61 Å². The van der Waals surface area contributed by atoms with Crippen LogP contribution in [0.5, 0.6) is 0 Å². The van der Waals surface area contributed by atoms with Gasteiger partial charge in [-0.1, -0.05) is 24.3 Å². The summed E-state index contributed by atoms with van der Waals surface area (Å²) in [5.74, 6) is 1.77. The highest BCUT2D eigenvalue weighted by Crippen LogP contribution is 2.30. The van der Waals surface area contributed by atoms with Gasteiger partial charge in [0, 0.05) is 23.9 Å². The molecule has 0 bridgehead atoms. The van der Waals surface area contributed by atoms with Gasteiger partial charge in [-0.25, -0.2) is 0 Å². The van der Waals surface area contributed by atoms with Crippen LogP contribution in [0.15, 0.2) is 24.3 Å². The number of benzene rings is 1. The molecule has 0 N–H and O–H groups in total. The van der Waals surface area contributed by atoms with Crippen LogP contribution in [0.3, 0.4) is 0 Å². The summed E-state index contributed by atoms with van der Waals surface area (Å²) in [5, 5.41) is 15.4. The van der Waals surface area contributed by atoms with Crippen LogP contribution in [0.4, 0.5) is 5.82 Å². The maximum Gasteiger partial charge on any atom is 0.185 e. The summed E-state index contributed by atoms with van der Waals surface area (Å²) in [6.07, 6.45) is 0. The van der Waals surface area contributed by atoms with Gasteiger partial charge in [-0.2, -0.15) is 4.52 Å². The van der Waals surface area contributed by atoms with Gasteiger partial charge in [-0.05, 0) is 20.8 Å². The molecule has 0 amide bonds. The molecular formula is C16H19N5O. The average molecular weight is 297 g/mol. The van der Waals surface area contributed by atoms with Crippen LogP contribution in [0.1, 0.15) is 19.7 Å². The molecule has 6 nitrogen and oxygen atoms in total. The van der Waals surface area contributed by atoms with Gasteiger partial charge in [0.05, 0.1) is 12.2 Å². The molecule has 1 fully saturated rings. The number of hydrogen-bond donors (Lipinski definition) is 0. The summed E-state index contributed by atoms with van der Waals surface area (Å²) in [5.41, 5.74) is 0.641. The number of nitrogens with zero attached hydrogens (tertiary/aromatic N) is 5. The van der Waals surface area contributed by atoms with Crippen LogP contribution in [0.2, 0.25) is 0 Å². The molecule has 2 aromatic heterocycles. The van der Waals surface area contributed by atoms with E-state index in [9.17, 15) is 0 Å². The number of ether oxygens (including phenoxy) is 1. The predicted molar refractivity (Wildman–Crippen MR) is 85.3 cm³/mol. The van der Waals surface area contributed by atoms with Crippen LogP contribution in [0.25, 0.3) is 16.4 Å². The Morgan fingerprint density at radius 3 is 2.68 bits per heavy atom. The summed E-state index contributed by atoms with van der Waals surface area (Å²) in [6, 6.07) is 8.25. The Kier molecular flexibility index (Phi) is 2.84. The zero-order valence-electron chi connectivity index (χ0n) is 13.1. The lowest BCUT2D eigenvalue weighted by Crippen LogP contribution is -2.48. The van der Waals surface area contributed by atoms with Crippen molar-refractivity contribution in [2.24, 2.45) is 0 Å². The van der Waals surface area contributed by atoms with Gasteiger partial charge >= 0.3 is 0 Å². The molecule has 0 radical (unpaired) electrons. The van der Waals surface area contributed by atoms with Gasteiger partial charge in [0.2, 0.25) is 0 Å². The van der Waals surface area contributed by atoms with Crippen molar-refractivity contribution in [2.75, 3.05) is 24.6 Å². The van der Waals surface area contributed by atoms with Crippen molar-refractivity contribution in [1.29, 1.82) is 0 Å². The number of hydrogen-bond acceptors (Lipinski definition) is 5. The number of morpholine rings is 1. The summed E-state index contributed by atoms with van der Waals surface area (Å²) in [6.45, 7) is 8.52. The third-order valence-corrected chi connectivity index (χ3v) is 4.13. The van der Waals surface area contributed by atoms with Crippen molar-refractivity contribution in [3.63, 3.8) is 0 Å². The molecule has 4 rings (SSSR count). The standard InChI is InChI=1S/C16H19N5O/c1-11-17-18-14-12-6-4-5-7-13(12)15(19-21(11)14)20-8-9-22-16(2,3)10-20/h4-7H,8-10H2,1-3H3. The van der Waals surface area contributed by atoms with Crippen LogP contribution in [-0.4, -0.2) is 45.1 Å². The minimum absolute atomic E-state index is 0.168. The maximum atomic E-state index is 5.82. The summed E-state index contributed by atoms with van der Waals surface area (Å²) >= 11 is 0. The second-order valence-corrected chi connectivity index (χ2v) is 6.38. The highest BCUT2D eigenvalue weighted by Gasteiger charge is 2.29. The van der Waals surface area contributed by atoms with E-state index in [1.54, 1.807) is 0 Å². The highest BCUT2D eigenvalue weighted by atomic mass is 16.5. The molecule has 22 heavy (non-hydrogen) atoms. The van der Waals surface area contributed by atoms with Gasteiger partial charge in [0.15, 0.2) is 17.3 Å². The first-order valence-corrected chi connectivity index (χ1v) is 7.55. The Labute approximate surface area is 128 Å². The Hall–Kier alpha value is -2.21.